The molecule has 0 unspecified atom stereocenters. The van der Waals surface area contributed by atoms with E-state index in [0.29, 0.717) is 22.6 Å². The van der Waals surface area contributed by atoms with Crippen LogP contribution in [0.15, 0.2) is 42.5 Å². The molecule has 0 spiro atoms. The number of aromatic nitrogens is 1. The maximum atomic E-state index is 5.38. The number of benzene rings is 2. The van der Waals surface area contributed by atoms with Crippen molar-refractivity contribution in [2.45, 2.75) is 78.0 Å². The minimum Gasteiger partial charge on any atom is -0.246 e. The molecule has 0 N–H and O–H groups in total. The van der Waals surface area contributed by atoms with Crippen molar-refractivity contribution in [3.8, 4) is 0 Å². The molecule has 0 bridgehead atoms. The number of hydrogen-bond acceptors (Lipinski definition) is 1. The number of para-hydroxylation sites is 2. The number of rotatable bonds is 6. The average Bonchev–Trinajstić information content (AvgIpc) is 2.59. The molecule has 0 atom stereocenters. The van der Waals surface area contributed by atoms with Gasteiger partial charge in [0.25, 0.3) is 0 Å². The molecule has 2 aromatic carbocycles. The minimum atomic E-state index is -0.236. The molecule has 0 saturated carbocycles. The normalized spacial score (nSPS) is 12.3. The Morgan fingerprint density at radius 1 is 0.586 bits per heavy atom. The second-order valence-corrected chi connectivity index (χ2v) is 15.6. The van der Waals surface area contributed by atoms with E-state index in [4.69, 9.17) is 4.98 Å². The molecule has 1 aromatic heterocycles. The molecule has 4 heteroatoms. The fourth-order valence-corrected chi connectivity index (χ4v) is 10.5. The summed E-state index contributed by atoms with van der Waals surface area (Å²) < 4.78 is 0. The van der Waals surface area contributed by atoms with Gasteiger partial charge in [-0.1, -0.05) is 108 Å². The molecule has 0 aliphatic carbocycles. The van der Waals surface area contributed by atoms with E-state index in [1.165, 1.54) is 32.4 Å². The standard InChI is InChI=1S/C25H35NP2.Ru/c1-16(2)27(17(3)4)22-13-9-11-20-15-21-12-10-14-23(25(21)26-24(20)22)28(18(5)6)19(7)8;/h9-19H,1-8H3;/q;+2. The molecule has 0 amide bonds. The van der Waals surface area contributed by atoms with Crippen LogP contribution >= 0.6 is 15.8 Å². The predicted octanol–water partition coefficient (Wildman–Crippen LogP) is 7.23. The van der Waals surface area contributed by atoms with Crippen molar-refractivity contribution < 1.29 is 19.5 Å². The van der Waals surface area contributed by atoms with Crippen LogP contribution in [0, 0.1) is 0 Å². The van der Waals surface area contributed by atoms with Gasteiger partial charge in [-0.25, -0.2) is 4.98 Å². The van der Waals surface area contributed by atoms with Crippen molar-refractivity contribution in [1.82, 2.24) is 4.98 Å². The molecular formula is C25H35NP2Ru+2. The van der Waals surface area contributed by atoms with E-state index in [1.807, 2.05) is 0 Å². The van der Waals surface area contributed by atoms with Gasteiger partial charge >= 0.3 is 19.5 Å². The van der Waals surface area contributed by atoms with Crippen LogP contribution in [0.2, 0.25) is 0 Å². The van der Waals surface area contributed by atoms with Crippen molar-refractivity contribution in [1.29, 1.82) is 0 Å². The summed E-state index contributed by atoms with van der Waals surface area (Å²) in [5.74, 6) is 0. The summed E-state index contributed by atoms with van der Waals surface area (Å²) in [7, 11) is -0.472. The van der Waals surface area contributed by atoms with Gasteiger partial charge < -0.3 is 0 Å². The van der Waals surface area contributed by atoms with Gasteiger partial charge in [0, 0.05) is 21.4 Å². The van der Waals surface area contributed by atoms with E-state index < -0.39 is 0 Å². The van der Waals surface area contributed by atoms with Crippen molar-refractivity contribution in [2.75, 3.05) is 0 Å². The topological polar surface area (TPSA) is 12.9 Å². The van der Waals surface area contributed by atoms with Gasteiger partial charge in [-0.2, -0.15) is 0 Å². The van der Waals surface area contributed by atoms with Crippen LogP contribution in [0.3, 0.4) is 0 Å². The molecule has 1 heterocycles. The fourth-order valence-electron chi connectivity index (χ4n) is 4.58. The smallest absolute Gasteiger partial charge is 0.246 e. The molecule has 0 aliphatic heterocycles. The maximum absolute atomic E-state index is 5.38. The third-order valence-electron chi connectivity index (χ3n) is 5.41. The summed E-state index contributed by atoms with van der Waals surface area (Å²) in [6.45, 7) is 19.0. The van der Waals surface area contributed by atoms with Gasteiger partial charge in [-0.05, 0) is 28.7 Å². The summed E-state index contributed by atoms with van der Waals surface area (Å²) in [6, 6.07) is 16.0. The van der Waals surface area contributed by atoms with Gasteiger partial charge in [0.15, 0.2) is 0 Å². The Labute approximate surface area is 192 Å². The summed E-state index contributed by atoms with van der Waals surface area (Å²) in [6.07, 6.45) is 0. The van der Waals surface area contributed by atoms with E-state index in [2.05, 4.69) is 97.9 Å². The minimum absolute atomic E-state index is 0. The fraction of sp³-hybridized carbons (Fsp3) is 0.480. The molecule has 3 aromatic rings. The Hall–Kier alpha value is -0.407. The van der Waals surface area contributed by atoms with E-state index in [1.54, 1.807) is 0 Å². The van der Waals surface area contributed by atoms with E-state index in [0.717, 1.165) is 0 Å². The van der Waals surface area contributed by atoms with Crippen LogP contribution in [0.5, 0.6) is 0 Å². The van der Waals surface area contributed by atoms with Crippen molar-refractivity contribution in [3.63, 3.8) is 0 Å². The summed E-state index contributed by atoms with van der Waals surface area (Å²) in [5, 5.41) is 5.53. The van der Waals surface area contributed by atoms with Crippen LogP contribution in [0.4, 0.5) is 0 Å². The first-order chi connectivity index (χ1) is 13.2. The molecule has 3 rings (SSSR count). The Kier molecular flexibility index (Phi) is 8.80. The SMILES string of the molecule is CC(C)P(c1cccc2cc3cccc(P(C(C)C)C(C)C)c3nc12)C(C)C.[Ru+2]. The van der Waals surface area contributed by atoms with Gasteiger partial charge in [0.1, 0.15) is 0 Å². The van der Waals surface area contributed by atoms with E-state index in [-0.39, 0.29) is 35.3 Å². The zero-order valence-corrected chi connectivity index (χ0v) is 22.6. The summed E-state index contributed by atoms with van der Waals surface area (Å²) in [4.78, 5) is 5.38. The van der Waals surface area contributed by atoms with Crippen LogP contribution < -0.4 is 10.6 Å². The first kappa shape index (κ1) is 24.9. The summed E-state index contributed by atoms with van der Waals surface area (Å²) >= 11 is 0. The summed E-state index contributed by atoms with van der Waals surface area (Å²) in [5.41, 5.74) is 5.12. The Balaban J connectivity index is 0.00000300. The van der Waals surface area contributed by atoms with Crippen LogP contribution in [0.1, 0.15) is 55.4 Å². The number of pyridine rings is 1. The van der Waals surface area contributed by atoms with Gasteiger partial charge in [0.2, 0.25) is 0 Å². The van der Waals surface area contributed by atoms with Crippen molar-refractivity contribution in [2.24, 2.45) is 0 Å². The van der Waals surface area contributed by atoms with E-state index >= 15 is 0 Å². The third-order valence-corrected chi connectivity index (χ3v) is 11.7. The Morgan fingerprint density at radius 2 is 0.931 bits per heavy atom. The second kappa shape index (κ2) is 10.3. The predicted molar refractivity (Wildman–Crippen MR) is 133 cm³/mol. The number of nitrogens with zero attached hydrogens (tertiary/aromatic N) is 1. The monoisotopic (exact) mass is 513 g/mol. The zero-order chi connectivity index (χ0) is 20.6. The second-order valence-electron chi connectivity index (χ2n) is 8.88. The molecule has 0 fully saturated rings. The number of hydrogen-bond donors (Lipinski definition) is 0. The first-order valence-corrected chi connectivity index (χ1v) is 13.6. The van der Waals surface area contributed by atoms with Gasteiger partial charge in [-0.15, -0.1) is 0 Å². The molecule has 0 aliphatic rings. The number of fused-ring (bicyclic) bond motifs is 2. The Bertz CT molecular complexity index is 875. The molecule has 1 nitrogen and oxygen atoms in total. The van der Waals surface area contributed by atoms with Gasteiger partial charge in [-0.3, -0.25) is 0 Å². The van der Waals surface area contributed by atoms with Crippen LogP contribution in [-0.4, -0.2) is 27.6 Å². The molecule has 0 radical (unpaired) electrons. The molecule has 156 valence electrons. The van der Waals surface area contributed by atoms with Gasteiger partial charge in [0.05, 0.1) is 11.0 Å². The van der Waals surface area contributed by atoms with Crippen molar-refractivity contribution in [3.05, 3.63) is 42.5 Å². The molecule has 0 saturated heterocycles. The van der Waals surface area contributed by atoms with Crippen molar-refractivity contribution >= 4 is 48.3 Å². The largest absolute Gasteiger partial charge is 2.00 e. The van der Waals surface area contributed by atoms with Crippen LogP contribution in [-0.2, 0) is 19.5 Å². The first-order valence-electron chi connectivity index (χ1n) is 10.6. The third kappa shape index (κ3) is 5.09. The van der Waals surface area contributed by atoms with Crippen LogP contribution in [0.25, 0.3) is 21.8 Å². The molecular weight excluding hydrogens is 477 g/mol. The quantitative estimate of drug-likeness (QED) is 0.193. The molecule has 29 heavy (non-hydrogen) atoms. The zero-order valence-electron chi connectivity index (χ0n) is 19.0. The average molecular weight is 513 g/mol. The Morgan fingerprint density at radius 3 is 1.24 bits per heavy atom. The van der Waals surface area contributed by atoms with E-state index in [9.17, 15) is 0 Å². The maximum Gasteiger partial charge on any atom is 2.00 e.